The minimum atomic E-state index is -0.805. The lowest BCUT2D eigenvalue weighted by Crippen LogP contribution is -2.39. The lowest BCUT2D eigenvalue weighted by molar-refractivity contribution is -0.130. The first-order chi connectivity index (χ1) is 61.4. The average molecular weight is 1840 g/mol. The second-order valence-corrected chi connectivity index (χ2v) is 31.9. The fraction of sp³-hybridized carbons (Fsp3) is 0.702. The van der Waals surface area contributed by atoms with Crippen molar-refractivity contribution < 1.29 is 107 Å². The lowest BCUT2D eigenvalue weighted by atomic mass is 9.81. The van der Waals surface area contributed by atoms with Gasteiger partial charge in [0.2, 0.25) is 23.6 Å². The molecule has 4 aliphatic rings. The van der Waals surface area contributed by atoms with Gasteiger partial charge >= 0.3 is 6.09 Å². The lowest BCUT2D eigenvalue weighted by Gasteiger charge is -2.27. The van der Waals surface area contributed by atoms with Crippen molar-refractivity contribution in [3.63, 3.8) is 0 Å². The standard InChI is InChI=1S/C34H51ClN6O8.C27H43ClN6O7.C23H36ClN5O7/c35-11-3-1-2-4-14-47-18-19-48-17-13-38-34(45)25-9-7-24(8-10-25)33(44)37-12-16-46-15-5-6-26-21-41(29-20-27(43)28(22-42)49-29)32-30(26)31(36)39-23-40-32;28-8-3-1-2-4-10-39-12-13-40-11-9-30-22(37)6-5-7-23(38)31-15-19-16-34(24-14-20(36)21(17-35)41-24)27-25(19)26(29)32-18-33-27;24-5-3-1-2-4-7-33-9-10-34-8-6-26-23(32)35-14-16-12-29(19-11-17(31)18(13-30)36-19)22-20(16)21(25)27-15-28-22/h21,23-25,27-29,42-43H,1-4,7-20,22H2,(H,37,44)(H,38,45)(H2,36,39,40);16,18,20-21,24,35-36H,1-15,17H2,(H,30,37)(H,31,38)(H2,29,32,33);12,15,17-19,30-31H,1-11,13-14H2,(H,26,32)(H2,25,27,28)/t24?,25?,27?,28-,29-;20?,21-,24-;17?,18-,19-/m111/s1. The second kappa shape index (κ2) is 59.4. The largest absolute Gasteiger partial charge is 0.445 e. The Morgan fingerprint density at radius 2 is 0.794 bits per heavy atom. The summed E-state index contributed by atoms with van der Waals surface area (Å²) in [6.45, 7) is 7.52. The molecule has 704 valence electrons. The van der Waals surface area contributed by atoms with Crippen molar-refractivity contribution >= 4 is 115 Å². The number of alkyl carbamates (subject to hydrolysis) is 1. The van der Waals surface area contributed by atoms with Crippen LogP contribution in [0.5, 0.6) is 0 Å². The van der Waals surface area contributed by atoms with Gasteiger partial charge in [-0.05, 0) is 70.6 Å². The van der Waals surface area contributed by atoms with Crippen LogP contribution in [0.4, 0.5) is 22.2 Å². The third-order valence-corrected chi connectivity index (χ3v) is 22.3. The van der Waals surface area contributed by atoms with Crippen LogP contribution in [-0.4, -0.2) is 297 Å². The van der Waals surface area contributed by atoms with Crippen LogP contribution in [0, 0.1) is 23.7 Å². The summed E-state index contributed by atoms with van der Waals surface area (Å²) in [6.07, 6.45) is 19.9. The Bertz CT molecular complexity index is 4230. The number of aliphatic hydroxyl groups excluding tert-OH is 6. The first-order valence-corrected chi connectivity index (χ1v) is 45.4. The van der Waals surface area contributed by atoms with E-state index in [0.29, 0.717) is 211 Å². The van der Waals surface area contributed by atoms with Crippen molar-refractivity contribution in [3.8, 4) is 11.8 Å². The highest BCUT2D eigenvalue weighted by atomic mass is 35.5. The summed E-state index contributed by atoms with van der Waals surface area (Å²) in [5, 5.41) is 74.5. The zero-order valence-electron chi connectivity index (χ0n) is 71.9. The topological polar surface area (TPSA) is 539 Å². The zero-order valence-corrected chi connectivity index (χ0v) is 74.1. The van der Waals surface area contributed by atoms with E-state index in [4.69, 9.17) is 104 Å². The van der Waals surface area contributed by atoms with Gasteiger partial charge in [-0.3, -0.25) is 19.2 Å². The molecule has 0 spiro atoms. The highest BCUT2D eigenvalue weighted by Crippen LogP contribution is 2.38. The Morgan fingerprint density at radius 3 is 1.22 bits per heavy atom. The SMILES string of the molecule is Nc1ncnc2c1c(C#CCOCCNC(=O)C1CCC(C(=O)NCCOCCOCCCCCCCl)CC1)cn2[C@H]1CC(O)[C@@H](CO)O1.Nc1ncnc2c1c(CNC(=O)CCCC(=O)NCCOCCOCCCCCCCl)cn2[C@H]1CC(O)[C@@H](CO)O1.Nc1ncnc2c1c(COC(=O)NCCOCCOCCCCCCCl)cn2[C@H]1CC(O)[C@@H](CO)O1. The van der Waals surface area contributed by atoms with Gasteiger partial charge in [0.25, 0.3) is 0 Å². The molecule has 5 amide bonds. The van der Waals surface area contributed by atoms with Crippen LogP contribution in [0.15, 0.2) is 37.6 Å². The molecule has 4 fully saturated rings. The van der Waals surface area contributed by atoms with Crippen LogP contribution in [0.2, 0.25) is 0 Å². The van der Waals surface area contributed by atoms with E-state index in [1.807, 2.05) is 0 Å². The molecule has 6 aromatic rings. The quantitative estimate of drug-likeness (QED) is 0.0136. The number of aromatic nitrogens is 9. The number of unbranched alkanes of at least 4 members (excludes halogenated alkanes) is 9. The van der Waals surface area contributed by atoms with Gasteiger partial charge < -0.3 is 140 Å². The predicted octanol–water partition coefficient (Wildman–Crippen LogP) is 5.00. The molecule has 0 radical (unpaired) electrons. The van der Waals surface area contributed by atoms with Crippen molar-refractivity contribution in [3.05, 3.63) is 54.3 Å². The molecule has 0 bridgehead atoms. The summed E-state index contributed by atoms with van der Waals surface area (Å²) in [5.74, 6) is 8.37. The highest BCUT2D eigenvalue weighted by molar-refractivity contribution is 6.18. The van der Waals surface area contributed by atoms with Crippen molar-refractivity contribution in [1.82, 2.24) is 70.2 Å². The van der Waals surface area contributed by atoms with Gasteiger partial charge in [0, 0.05) is 144 Å². The highest BCUT2D eigenvalue weighted by Gasteiger charge is 2.39. The number of ether oxygens (including phenoxy) is 11. The smallest absolute Gasteiger partial charge is 0.407 e. The molecule has 6 aromatic heterocycles. The Labute approximate surface area is 749 Å². The number of alkyl halides is 3. The molecule has 39 nitrogen and oxygen atoms in total. The Balaban J connectivity index is 0.000000237. The molecule has 9 atom stereocenters. The number of hydrogen-bond donors (Lipinski definition) is 14. The van der Waals surface area contributed by atoms with E-state index >= 15 is 0 Å². The maximum Gasteiger partial charge on any atom is 0.407 e. The summed E-state index contributed by atoms with van der Waals surface area (Å²) < 4.78 is 66.5. The maximum atomic E-state index is 12.7. The number of nitrogen functional groups attached to an aromatic ring is 3. The number of carbonyl (C=O) groups excluding carboxylic acids is 5. The minimum Gasteiger partial charge on any atom is -0.445 e. The summed E-state index contributed by atoms with van der Waals surface area (Å²) >= 11 is 17.0. The monoisotopic (exact) mass is 1830 g/mol. The molecule has 0 aromatic carbocycles. The third-order valence-electron chi connectivity index (χ3n) is 21.5. The predicted molar refractivity (Wildman–Crippen MR) is 469 cm³/mol. The number of nitrogens with zero attached hydrogens (tertiary/aromatic N) is 9. The van der Waals surface area contributed by atoms with E-state index in [0.717, 1.165) is 83.7 Å². The van der Waals surface area contributed by atoms with Crippen LogP contribution in [0.3, 0.4) is 0 Å². The van der Waals surface area contributed by atoms with Crippen LogP contribution in [0.25, 0.3) is 33.1 Å². The molecule has 126 heavy (non-hydrogen) atoms. The number of carbonyl (C=O) groups is 5. The van der Waals surface area contributed by atoms with Crippen molar-refractivity contribution in [2.24, 2.45) is 11.8 Å². The van der Waals surface area contributed by atoms with Crippen molar-refractivity contribution in [1.29, 1.82) is 0 Å². The second-order valence-electron chi connectivity index (χ2n) is 30.7. The van der Waals surface area contributed by atoms with E-state index in [1.165, 1.54) is 19.0 Å². The van der Waals surface area contributed by atoms with E-state index in [2.05, 4.69) is 68.3 Å². The number of nitrogens with one attached hydrogen (secondary N) is 5. The van der Waals surface area contributed by atoms with E-state index in [1.54, 1.807) is 32.3 Å². The van der Waals surface area contributed by atoms with Gasteiger partial charge in [0.1, 0.15) is 104 Å². The van der Waals surface area contributed by atoms with Gasteiger partial charge in [-0.2, -0.15) is 0 Å². The van der Waals surface area contributed by atoms with Crippen LogP contribution >= 0.6 is 34.8 Å². The van der Waals surface area contributed by atoms with Gasteiger partial charge in [0.15, 0.2) is 0 Å². The Morgan fingerprint density at radius 1 is 0.429 bits per heavy atom. The number of halogens is 3. The molecular weight excluding hydrogens is 1710 g/mol. The van der Waals surface area contributed by atoms with Crippen LogP contribution in [-0.2, 0) is 84.4 Å². The summed E-state index contributed by atoms with van der Waals surface area (Å²) in [7, 11) is 0. The molecule has 9 heterocycles. The van der Waals surface area contributed by atoms with Gasteiger partial charge in [-0.25, -0.2) is 34.7 Å². The minimum absolute atomic E-state index is 0.0194. The number of nitrogens with two attached hydrogens (primary N) is 3. The number of anilines is 3. The Hall–Kier alpha value is -7.80. The zero-order chi connectivity index (χ0) is 90.1. The maximum absolute atomic E-state index is 12.7. The first kappa shape index (κ1) is 104. The Kier molecular flexibility index (Phi) is 48.8. The first-order valence-electron chi connectivity index (χ1n) is 43.8. The van der Waals surface area contributed by atoms with E-state index < -0.39 is 61.4 Å². The molecule has 3 unspecified atom stereocenters. The van der Waals surface area contributed by atoms with Gasteiger partial charge in [-0.1, -0.05) is 50.4 Å². The molecule has 3 aliphatic heterocycles. The number of amides is 5. The molecular formula is C84H130Cl3N17O22. The molecule has 3 saturated heterocycles. The number of aliphatic hydroxyl groups is 6. The number of rotatable bonds is 56. The normalized spacial score (nSPS) is 20.3. The van der Waals surface area contributed by atoms with Crippen molar-refractivity contribution in [2.75, 3.05) is 173 Å². The summed E-state index contributed by atoms with van der Waals surface area (Å²) in [6, 6.07) is 0. The summed E-state index contributed by atoms with van der Waals surface area (Å²) in [4.78, 5) is 87.0. The number of hydrogen-bond acceptors (Lipinski definition) is 31. The molecule has 1 saturated carbocycles. The fourth-order valence-corrected chi connectivity index (χ4v) is 15.2. The average Bonchev–Trinajstić information content (AvgIpc) is 1.63. The molecule has 10 rings (SSSR count). The molecule has 1 aliphatic carbocycles. The van der Waals surface area contributed by atoms with E-state index in [9.17, 15) is 54.6 Å². The van der Waals surface area contributed by atoms with Crippen LogP contribution in [0.1, 0.15) is 177 Å². The molecule has 42 heteroatoms. The van der Waals surface area contributed by atoms with E-state index in [-0.39, 0.29) is 118 Å². The van der Waals surface area contributed by atoms with Gasteiger partial charge in [0.05, 0.1) is 126 Å². The summed E-state index contributed by atoms with van der Waals surface area (Å²) in [5.41, 5.74) is 21.7. The third kappa shape index (κ3) is 34.9. The number of fused-ring (bicyclic) bond motifs is 3. The van der Waals surface area contributed by atoms with Crippen LogP contribution < -0.4 is 43.8 Å². The van der Waals surface area contributed by atoms with Gasteiger partial charge in [-0.15, -0.1) is 34.8 Å². The van der Waals surface area contributed by atoms with Crippen molar-refractivity contribution in [2.45, 2.75) is 210 Å². The fourth-order valence-electron chi connectivity index (χ4n) is 14.7. The molecule has 17 N–H and O–H groups in total.